The maximum Gasteiger partial charge on any atom is 0.123 e. The number of nitrogens with zero attached hydrogens (tertiary/aromatic N) is 1. The molecule has 0 aliphatic carbocycles. The molecular formula is C15H23FN2O. The molecule has 1 aromatic carbocycles. The molecule has 3 nitrogen and oxygen atoms in total. The summed E-state index contributed by atoms with van der Waals surface area (Å²) in [6.45, 7) is 5.56. The Morgan fingerprint density at radius 3 is 2.95 bits per heavy atom. The summed E-state index contributed by atoms with van der Waals surface area (Å²) in [4.78, 5) is 2.24. The highest BCUT2D eigenvalue weighted by molar-refractivity contribution is 5.26. The first kappa shape index (κ1) is 14.4. The SMILES string of the molecule is Cc1cc(F)ccc1CN(CCO)CC1CCCN1. The third-order valence-corrected chi connectivity index (χ3v) is 3.76. The number of aryl methyl sites for hydroxylation is 1. The normalized spacial score (nSPS) is 19.3. The highest BCUT2D eigenvalue weighted by Gasteiger charge is 2.18. The summed E-state index contributed by atoms with van der Waals surface area (Å²) in [6, 6.07) is 5.44. The summed E-state index contributed by atoms with van der Waals surface area (Å²) in [5, 5.41) is 12.7. The molecule has 0 bridgehead atoms. The van der Waals surface area contributed by atoms with E-state index in [-0.39, 0.29) is 12.4 Å². The van der Waals surface area contributed by atoms with Crippen LogP contribution in [0.25, 0.3) is 0 Å². The van der Waals surface area contributed by atoms with Gasteiger partial charge in [0, 0.05) is 25.7 Å². The van der Waals surface area contributed by atoms with Crippen LogP contribution in [0.5, 0.6) is 0 Å². The summed E-state index contributed by atoms with van der Waals surface area (Å²) in [6.07, 6.45) is 2.43. The quantitative estimate of drug-likeness (QED) is 0.822. The molecule has 4 heteroatoms. The molecule has 106 valence electrons. The Morgan fingerprint density at radius 1 is 1.47 bits per heavy atom. The molecule has 2 N–H and O–H groups in total. The Kier molecular flexibility index (Phi) is 5.31. The Hall–Kier alpha value is -0.970. The van der Waals surface area contributed by atoms with E-state index in [9.17, 15) is 9.50 Å². The number of benzene rings is 1. The first-order valence-electron chi connectivity index (χ1n) is 7.00. The summed E-state index contributed by atoms with van der Waals surface area (Å²) < 4.78 is 13.1. The van der Waals surface area contributed by atoms with Crippen molar-refractivity contribution in [3.63, 3.8) is 0 Å². The molecule has 1 aliphatic rings. The van der Waals surface area contributed by atoms with Crippen molar-refractivity contribution in [2.24, 2.45) is 0 Å². The van der Waals surface area contributed by atoms with E-state index in [1.165, 1.54) is 18.9 Å². The maximum atomic E-state index is 13.1. The zero-order valence-corrected chi connectivity index (χ0v) is 11.5. The number of rotatable bonds is 6. The van der Waals surface area contributed by atoms with Gasteiger partial charge in [0.05, 0.1) is 6.61 Å². The fourth-order valence-corrected chi connectivity index (χ4v) is 2.68. The van der Waals surface area contributed by atoms with E-state index < -0.39 is 0 Å². The predicted molar refractivity (Wildman–Crippen MR) is 74.5 cm³/mol. The van der Waals surface area contributed by atoms with Crippen molar-refractivity contribution in [2.75, 3.05) is 26.2 Å². The zero-order valence-electron chi connectivity index (χ0n) is 11.5. The van der Waals surface area contributed by atoms with Crippen LogP contribution >= 0.6 is 0 Å². The standard InChI is InChI=1S/C15H23FN2O/c1-12-9-14(16)5-4-13(12)10-18(7-8-19)11-15-3-2-6-17-15/h4-5,9,15,17,19H,2-3,6-8,10-11H2,1H3. The maximum absolute atomic E-state index is 13.1. The minimum atomic E-state index is -0.188. The fraction of sp³-hybridized carbons (Fsp3) is 0.600. The van der Waals surface area contributed by atoms with Gasteiger partial charge in [-0.25, -0.2) is 4.39 Å². The highest BCUT2D eigenvalue weighted by atomic mass is 19.1. The number of nitrogens with one attached hydrogen (secondary N) is 1. The van der Waals surface area contributed by atoms with Crippen LogP contribution in [0.2, 0.25) is 0 Å². The second-order valence-electron chi connectivity index (χ2n) is 5.32. The zero-order chi connectivity index (χ0) is 13.7. The van der Waals surface area contributed by atoms with Crippen molar-refractivity contribution in [3.8, 4) is 0 Å². The molecule has 0 amide bonds. The Labute approximate surface area is 114 Å². The fourth-order valence-electron chi connectivity index (χ4n) is 2.68. The summed E-state index contributed by atoms with van der Waals surface area (Å²) >= 11 is 0. The molecule has 1 unspecified atom stereocenters. The smallest absolute Gasteiger partial charge is 0.123 e. The van der Waals surface area contributed by atoms with Crippen LogP contribution in [0.4, 0.5) is 4.39 Å². The third-order valence-electron chi connectivity index (χ3n) is 3.76. The van der Waals surface area contributed by atoms with E-state index >= 15 is 0 Å². The van der Waals surface area contributed by atoms with E-state index in [4.69, 9.17) is 0 Å². The molecule has 19 heavy (non-hydrogen) atoms. The van der Waals surface area contributed by atoms with Crippen molar-refractivity contribution in [1.29, 1.82) is 0 Å². The van der Waals surface area contributed by atoms with Crippen LogP contribution in [0, 0.1) is 12.7 Å². The highest BCUT2D eigenvalue weighted by Crippen LogP contribution is 2.14. The average Bonchev–Trinajstić information content (AvgIpc) is 2.86. The minimum absolute atomic E-state index is 0.160. The van der Waals surface area contributed by atoms with Gasteiger partial charge in [-0.1, -0.05) is 6.07 Å². The molecular weight excluding hydrogens is 243 g/mol. The van der Waals surface area contributed by atoms with Crippen molar-refractivity contribution in [1.82, 2.24) is 10.2 Å². The largest absolute Gasteiger partial charge is 0.395 e. The molecule has 1 aliphatic heterocycles. The molecule has 0 radical (unpaired) electrons. The number of aliphatic hydroxyl groups is 1. The molecule has 1 saturated heterocycles. The lowest BCUT2D eigenvalue weighted by atomic mass is 10.1. The summed E-state index contributed by atoms with van der Waals surface area (Å²) in [5.41, 5.74) is 2.11. The van der Waals surface area contributed by atoms with Gasteiger partial charge in [0.25, 0.3) is 0 Å². The van der Waals surface area contributed by atoms with Gasteiger partial charge in [-0.15, -0.1) is 0 Å². The van der Waals surface area contributed by atoms with Gasteiger partial charge in [-0.3, -0.25) is 4.90 Å². The summed E-state index contributed by atoms with van der Waals surface area (Å²) in [7, 11) is 0. The van der Waals surface area contributed by atoms with Crippen molar-refractivity contribution >= 4 is 0 Å². The molecule has 1 aromatic rings. The number of hydrogen-bond acceptors (Lipinski definition) is 3. The Balaban J connectivity index is 1.98. The molecule has 0 spiro atoms. The lowest BCUT2D eigenvalue weighted by molar-refractivity contribution is 0.179. The number of halogens is 1. The summed E-state index contributed by atoms with van der Waals surface area (Å²) in [5.74, 6) is -0.188. The molecule has 1 atom stereocenters. The van der Waals surface area contributed by atoms with Crippen LogP contribution in [-0.2, 0) is 6.54 Å². The molecule has 2 rings (SSSR count). The Morgan fingerprint density at radius 2 is 2.32 bits per heavy atom. The lowest BCUT2D eigenvalue weighted by Gasteiger charge is -2.25. The lowest BCUT2D eigenvalue weighted by Crippen LogP contribution is -2.38. The third kappa shape index (κ3) is 4.27. The van der Waals surface area contributed by atoms with Crippen molar-refractivity contribution < 1.29 is 9.50 Å². The topological polar surface area (TPSA) is 35.5 Å². The van der Waals surface area contributed by atoms with Gasteiger partial charge in [-0.2, -0.15) is 0 Å². The predicted octanol–water partition coefficient (Wildman–Crippen LogP) is 1.68. The van der Waals surface area contributed by atoms with Gasteiger partial charge in [0.15, 0.2) is 0 Å². The van der Waals surface area contributed by atoms with Crippen LogP contribution in [-0.4, -0.2) is 42.3 Å². The Bertz CT molecular complexity index is 405. The first-order chi connectivity index (χ1) is 9.19. The van der Waals surface area contributed by atoms with Crippen LogP contribution in [0.15, 0.2) is 18.2 Å². The minimum Gasteiger partial charge on any atom is -0.395 e. The second kappa shape index (κ2) is 6.98. The van der Waals surface area contributed by atoms with E-state index in [0.717, 1.165) is 30.8 Å². The van der Waals surface area contributed by atoms with Gasteiger partial charge in [-0.05, 0) is 49.6 Å². The second-order valence-corrected chi connectivity index (χ2v) is 5.32. The van der Waals surface area contributed by atoms with Crippen molar-refractivity contribution in [2.45, 2.75) is 32.4 Å². The monoisotopic (exact) mass is 266 g/mol. The van der Waals surface area contributed by atoms with Gasteiger partial charge >= 0.3 is 0 Å². The van der Waals surface area contributed by atoms with E-state index in [0.29, 0.717) is 12.6 Å². The molecule has 1 heterocycles. The van der Waals surface area contributed by atoms with Crippen LogP contribution < -0.4 is 5.32 Å². The number of hydrogen-bond donors (Lipinski definition) is 2. The first-order valence-corrected chi connectivity index (χ1v) is 7.00. The van der Waals surface area contributed by atoms with Crippen LogP contribution in [0.1, 0.15) is 24.0 Å². The number of aliphatic hydroxyl groups excluding tert-OH is 1. The van der Waals surface area contributed by atoms with Crippen LogP contribution in [0.3, 0.4) is 0 Å². The van der Waals surface area contributed by atoms with Crippen molar-refractivity contribution in [3.05, 3.63) is 35.1 Å². The van der Waals surface area contributed by atoms with Gasteiger partial charge in [0.2, 0.25) is 0 Å². The average molecular weight is 266 g/mol. The molecule has 0 aromatic heterocycles. The molecule has 1 fully saturated rings. The van der Waals surface area contributed by atoms with Gasteiger partial charge in [0.1, 0.15) is 5.82 Å². The molecule has 0 saturated carbocycles. The van der Waals surface area contributed by atoms with E-state index in [1.54, 1.807) is 6.07 Å². The van der Waals surface area contributed by atoms with E-state index in [1.807, 2.05) is 13.0 Å². The van der Waals surface area contributed by atoms with E-state index in [2.05, 4.69) is 10.2 Å². The van der Waals surface area contributed by atoms with Gasteiger partial charge < -0.3 is 10.4 Å².